The molecule has 3 heteroatoms. The highest BCUT2D eigenvalue weighted by atomic mass is 79.9. The molecule has 0 spiro atoms. The number of alkyl halides is 1. The second-order valence-corrected chi connectivity index (χ2v) is 3.80. The third-order valence-electron chi connectivity index (χ3n) is 2.13. The fourth-order valence-corrected chi connectivity index (χ4v) is 1.54. The smallest absolute Gasteiger partial charge is 0.0951 e. The fourth-order valence-electron chi connectivity index (χ4n) is 1.15. The predicted molar refractivity (Wildman–Crippen MR) is 54.7 cm³/mol. The number of nitrogens with zero attached hydrogens (tertiary/aromatic N) is 2. The Kier molecular flexibility index (Phi) is 3.79. The van der Waals surface area contributed by atoms with Crippen LogP contribution in [0.5, 0.6) is 0 Å². The second-order valence-electron chi connectivity index (χ2n) is 3.00. The predicted octanol–water partition coefficient (Wildman–Crippen LogP) is 2.68. The number of aryl methyl sites for hydroxylation is 2. The Morgan fingerprint density at radius 1 is 1.42 bits per heavy atom. The summed E-state index contributed by atoms with van der Waals surface area (Å²) in [4.78, 5) is 4.25. The van der Waals surface area contributed by atoms with Gasteiger partial charge in [0.25, 0.3) is 0 Å². The summed E-state index contributed by atoms with van der Waals surface area (Å²) in [5, 5.41) is 1.10. The van der Waals surface area contributed by atoms with Crippen LogP contribution in [0.15, 0.2) is 6.33 Å². The van der Waals surface area contributed by atoms with Crippen LogP contribution < -0.4 is 0 Å². The Hall–Kier alpha value is -0.310. The Labute approximate surface area is 82.1 Å². The van der Waals surface area contributed by atoms with Crippen LogP contribution in [0.3, 0.4) is 0 Å². The summed E-state index contributed by atoms with van der Waals surface area (Å²) in [6.07, 6.45) is 4.39. The first-order valence-corrected chi connectivity index (χ1v) is 5.42. The van der Waals surface area contributed by atoms with E-state index in [0.717, 1.165) is 17.6 Å². The molecular weight excluding hydrogens is 216 g/mol. The minimum atomic E-state index is 1.10. The van der Waals surface area contributed by atoms with Crippen molar-refractivity contribution in [2.75, 3.05) is 5.33 Å². The maximum atomic E-state index is 4.25. The van der Waals surface area contributed by atoms with Crippen LogP contribution in [-0.4, -0.2) is 14.9 Å². The van der Waals surface area contributed by atoms with E-state index in [1.165, 1.54) is 18.5 Å². The largest absolute Gasteiger partial charge is 0.335 e. The molecule has 1 heterocycles. The summed E-state index contributed by atoms with van der Waals surface area (Å²) in [7, 11) is 0. The molecule has 0 bridgehead atoms. The number of imidazole rings is 1. The van der Waals surface area contributed by atoms with Gasteiger partial charge in [0.05, 0.1) is 12.0 Å². The third-order valence-corrected chi connectivity index (χ3v) is 2.69. The Bertz CT molecular complexity index is 243. The van der Waals surface area contributed by atoms with Crippen LogP contribution >= 0.6 is 15.9 Å². The fraction of sp³-hybridized carbons (Fsp3) is 0.667. The normalized spacial score (nSPS) is 10.6. The molecule has 1 aromatic heterocycles. The van der Waals surface area contributed by atoms with E-state index in [9.17, 15) is 0 Å². The average molecular weight is 231 g/mol. The molecule has 0 aromatic carbocycles. The van der Waals surface area contributed by atoms with Crippen molar-refractivity contribution >= 4 is 15.9 Å². The number of aromatic nitrogens is 2. The van der Waals surface area contributed by atoms with Gasteiger partial charge in [0.15, 0.2) is 0 Å². The molecule has 0 aliphatic carbocycles. The second kappa shape index (κ2) is 4.65. The highest BCUT2D eigenvalue weighted by Gasteiger charge is 2.00. The van der Waals surface area contributed by atoms with Crippen molar-refractivity contribution in [3.05, 3.63) is 17.7 Å². The number of halogens is 1. The average Bonchev–Trinajstić information content (AvgIpc) is 2.36. The molecule has 1 aromatic rings. The van der Waals surface area contributed by atoms with Crippen LogP contribution in [0, 0.1) is 13.8 Å². The van der Waals surface area contributed by atoms with E-state index in [0.29, 0.717) is 0 Å². The Balaban J connectivity index is 2.46. The van der Waals surface area contributed by atoms with Gasteiger partial charge in [-0.05, 0) is 26.7 Å². The van der Waals surface area contributed by atoms with Crippen LogP contribution in [0.1, 0.15) is 24.2 Å². The van der Waals surface area contributed by atoms with Crippen molar-refractivity contribution in [1.82, 2.24) is 9.55 Å². The highest BCUT2D eigenvalue weighted by Crippen LogP contribution is 2.06. The van der Waals surface area contributed by atoms with Crippen molar-refractivity contribution in [3.63, 3.8) is 0 Å². The highest BCUT2D eigenvalue weighted by molar-refractivity contribution is 9.09. The lowest BCUT2D eigenvalue weighted by atomic mass is 10.3. The summed E-state index contributed by atoms with van der Waals surface area (Å²) >= 11 is 3.42. The van der Waals surface area contributed by atoms with Gasteiger partial charge in [-0.2, -0.15) is 0 Å². The van der Waals surface area contributed by atoms with Gasteiger partial charge in [0.1, 0.15) is 0 Å². The topological polar surface area (TPSA) is 17.8 Å². The minimum absolute atomic E-state index is 1.10. The number of rotatable bonds is 4. The number of hydrogen-bond acceptors (Lipinski definition) is 1. The molecule has 0 saturated carbocycles. The monoisotopic (exact) mass is 230 g/mol. The summed E-state index contributed by atoms with van der Waals surface area (Å²) in [5.41, 5.74) is 2.44. The molecule has 0 fully saturated rings. The van der Waals surface area contributed by atoms with Gasteiger partial charge in [0, 0.05) is 17.6 Å². The van der Waals surface area contributed by atoms with Gasteiger partial charge in [-0.25, -0.2) is 4.98 Å². The summed E-state index contributed by atoms with van der Waals surface area (Å²) < 4.78 is 2.22. The van der Waals surface area contributed by atoms with Crippen LogP contribution in [0.4, 0.5) is 0 Å². The zero-order valence-electron chi connectivity index (χ0n) is 7.68. The van der Waals surface area contributed by atoms with E-state index in [1.54, 1.807) is 0 Å². The molecule has 2 nitrogen and oxygen atoms in total. The summed E-state index contributed by atoms with van der Waals surface area (Å²) in [6.45, 7) is 5.27. The third kappa shape index (κ3) is 2.34. The van der Waals surface area contributed by atoms with E-state index in [4.69, 9.17) is 0 Å². The minimum Gasteiger partial charge on any atom is -0.335 e. The number of unbranched alkanes of at least 4 members (excludes halogenated alkanes) is 1. The van der Waals surface area contributed by atoms with Crippen LogP contribution in [0.2, 0.25) is 0 Å². The molecular formula is C9H15BrN2. The van der Waals surface area contributed by atoms with Gasteiger partial charge >= 0.3 is 0 Å². The lowest BCUT2D eigenvalue weighted by Crippen LogP contribution is -1.99. The molecule has 0 unspecified atom stereocenters. The molecule has 0 saturated heterocycles. The van der Waals surface area contributed by atoms with Crippen LogP contribution in [-0.2, 0) is 6.54 Å². The standard InChI is InChI=1S/C9H15BrN2/c1-8-9(2)12(7-11-8)6-4-3-5-10/h7H,3-6H2,1-2H3. The lowest BCUT2D eigenvalue weighted by molar-refractivity contribution is 0.622. The van der Waals surface area contributed by atoms with Crippen LogP contribution in [0.25, 0.3) is 0 Å². The Morgan fingerprint density at radius 2 is 2.17 bits per heavy atom. The van der Waals surface area contributed by atoms with Gasteiger partial charge < -0.3 is 4.57 Å². The molecule has 0 aliphatic rings. The van der Waals surface area contributed by atoms with Crippen molar-refractivity contribution in [2.24, 2.45) is 0 Å². The van der Waals surface area contributed by atoms with E-state index in [1.807, 2.05) is 6.33 Å². The zero-order valence-corrected chi connectivity index (χ0v) is 9.26. The molecule has 0 aliphatic heterocycles. The molecule has 12 heavy (non-hydrogen) atoms. The molecule has 0 amide bonds. The lowest BCUT2D eigenvalue weighted by Gasteiger charge is -2.03. The zero-order chi connectivity index (χ0) is 8.97. The first kappa shape index (κ1) is 9.78. The van der Waals surface area contributed by atoms with Crippen molar-refractivity contribution in [2.45, 2.75) is 33.2 Å². The summed E-state index contributed by atoms with van der Waals surface area (Å²) in [6, 6.07) is 0. The van der Waals surface area contributed by atoms with E-state index in [-0.39, 0.29) is 0 Å². The van der Waals surface area contributed by atoms with E-state index < -0.39 is 0 Å². The van der Waals surface area contributed by atoms with Crippen molar-refractivity contribution < 1.29 is 0 Å². The van der Waals surface area contributed by atoms with Crippen molar-refractivity contribution in [1.29, 1.82) is 0 Å². The SMILES string of the molecule is Cc1ncn(CCCCBr)c1C. The molecule has 0 N–H and O–H groups in total. The van der Waals surface area contributed by atoms with Gasteiger partial charge in [-0.1, -0.05) is 15.9 Å². The van der Waals surface area contributed by atoms with Crippen molar-refractivity contribution in [3.8, 4) is 0 Å². The molecule has 0 radical (unpaired) electrons. The number of hydrogen-bond donors (Lipinski definition) is 0. The first-order chi connectivity index (χ1) is 5.75. The molecule has 1 rings (SSSR count). The quantitative estimate of drug-likeness (QED) is 0.575. The van der Waals surface area contributed by atoms with Gasteiger partial charge in [-0.15, -0.1) is 0 Å². The maximum absolute atomic E-state index is 4.25. The summed E-state index contributed by atoms with van der Waals surface area (Å²) in [5.74, 6) is 0. The Morgan fingerprint density at radius 3 is 2.67 bits per heavy atom. The first-order valence-electron chi connectivity index (χ1n) is 4.30. The molecule has 68 valence electrons. The maximum Gasteiger partial charge on any atom is 0.0951 e. The van der Waals surface area contributed by atoms with Gasteiger partial charge in [-0.3, -0.25) is 0 Å². The van der Waals surface area contributed by atoms with E-state index >= 15 is 0 Å². The van der Waals surface area contributed by atoms with E-state index in [2.05, 4.69) is 39.3 Å². The molecule has 0 atom stereocenters. The van der Waals surface area contributed by atoms with Gasteiger partial charge in [0.2, 0.25) is 0 Å².